The molecule has 392 valence electrons. The van der Waals surface area contributed by atoms with Gasteiger partial charge in [-0.1, -0.05) is 6.92 Å². The summed E-state index contributed by atoms with van der Waals surface area (Å²) in [6, 6.07) is 0. The number of aliphatic hydroxyl groups excluding tert-OH is 1. The molecule has 0 radical (unpaired) electrons. The van der Waals surface area contributed by atoms with Gasteiger partial charge >= 0.3 is 29.8 Å². The number of esters is 4. The largest absolute Gasteiger partial charge is 0.494 e. The Morgan fingerprint density at radius 2 is 1.10 bits per heavy atom. The van der Waals surface area contributed by atoms with Gasteiger partial charge < -0.3 is 48.8 Å². The third kappa shape index (κ3) is 6.41. The van der Waals surface area contributed by atoms with Gasteiger partial charge in [-0.25, -0.2) is 0 Å². The van der Waals surface area contributed by atoms with Crippen LogP contribution >= 0.6 is 0 Å². The minimum absolute atomic E-state index is 0.0121. The Labute approximate surface area is 424 Å². The summed E-state index contributed by atoms with van der Waals surface area (Å²) < 4.78 is 39.4. The summed E-state index contributed by atoms with van der Waals surface area (Å²) in [5.41, 5.74) is 7.39. The van der Waals surface area contributed by atoms with Crippen molar-refractivity contribution in [3.63, 3.8) is 0 Å². The number of carbonyl (C=O) groups excluding carboxylic acids is 4. The number of rotatable bonds is 13. The van der Waals surface area contributed by atoms with Crippen LogP contribution in [-0.4, -0.2) is 110 Å². The fraction of sp³-hybridized carbons (Fsp3) is 0.737. The van der Waals surface area contributed by atoms with Crippen LogP contribution in [0.3, 0.4) is 0 Å². The lowest BCUT2D eigenvalue weighted by Crippen LogP contribution is -2.42. The monoisotopic (exact) mass is 1010 g/mol. The molecule has 12 bridgehead atoms. The molecule has 16 nitrogen and oxygen atoms in total. The molecular weight excluding hydrogens is 939 g/mol. The molecule has 1 aromatic heterocycles. The van der Waals surface area contributed by atoms with E-state index in [9.17, 15) is 44.4 Å². The van der Waals surface area contributed by atoms with Crippen molar-refractivity contribution in [2.75, 3.05) is 13.2 Å². The smallest absolute Gasteiger partial charge is 0.317 e. The molecule has 7 aliphatic heterocycles. The van der Waals surface area contributed by atoms with E-state index < -0.39 is 47.4 Å². The van der Waals surface area contributed by atoms with Gasteiger partial charge in [0, 0.05) is 24.6 Å². The number of aliphatic hydroxyl groups is 1. The van der Waals surface area contributed by atoms with Crippen molar-refractivity contribution in [2.24, 2.45) is 108 Å². The van der Waals surface area contributed by atoms with Crippen molar-refractivity contribution < 1.29 is 72.8 Å². The quantitative estimate of drug-likeness (QED) is 0.0827. The normalized spacial score (nSPS) is 45.5. The zero-order valence-electron chi connectivity index (χ0n) is 42.5. The molecule has 16 heteroatoms. The first kappa shape index (κ1) is 47.0. The number of cyclic esters (lactones) is 2. The molecule has 0 spiro atoms. The van der Waals surface area contributed by atoms with Gasteiger partial charge in [0.1, 0.15) is 12.2 Å². The summed E-state index contributed by atoms with van der Waals surface area (Å²) >= 11 is 0. The van der Waals surface area contributed by atoms with Gasteiger partial charge in [-0.15, -0.1) is 0 Å². The van der Waals surface area contributed by atoms with Crippen molar-refractivity contribution in [2.45, 2.75) is 141 Å². The van der Waals surface area contributed by atoms with E-state index in [4.69, 9.17) is 28.4 Å². The lowest BCUT2D eigenvalue weighted by atomic mass is 9.61. The summed E-state index contributed by atoms with van der Waals surface area (Å²) in [7, 11) is 1.56. The SMILES string of the molecule is CC1=C(CC2=C(CC3=C(Cc4c(CC5C(=O)OC(=O)C5C)c(O)n(C)c4O)C4OC3C3C5CC(C(=O)O)C(C5)C43)C3OC2C2C4CC(C(=O)OCCO)C(C4)C32)C2OC1C1C3CC(C(=O)OC(C)(C)C)C(C3)C21. The average molecular weight is 1010 g/mol. The van der Waals surface area contributed by atoms with Crippen LogP contribution in [-0.2, 0) is 72.3 Å². The van der Waals surface area contributed by atoms with E-state index in [1.165, 1.54) is 26.9 Å². The molecule has 0 amide bonds. The Kier molecular flexibility index (Phi) is 10.3. The predicted molar refractivity (Wildman–Crippen MR) is 253 cm³/mol. The van der Waals surface area contributed by atoms with Crippen LogP contribution in [0.25, 0.3) is 0 Å². The van der Waals surface area contributed by atoms with E-state index in [0.717, 1.165) is 43.3 Å². The Balaban J connectivity index is 0.860. The third-order valence-corrected chi connectivity index (χ3v) is 22.1. The molecule has 23 unspecified atom stereocenters. The molecule has 6 aliphatic carbocycles. The van der Waals surface area contributed by atoms with E-state index in [1.807, 2.05) is 20.8 Å². The Morgan fingerprint density at radius 3 is 1.63 bits per heavy atom. The summed E-state index contributed by atoms with van der Waals surface area (Å²) in [4.78, 5) is 65.7. The van der Waals surface area contributed by atoms with E-state index >= 15 is 0 Å². The molecule has 14 rings (SSSR count). The minimum atomic E-state index is -0.848. The highest BCUT2D eigenvalue weighted by atomic mass is 16.6. The van der Waals surface area contributed by atoms with E-state index in [-0.39, 0.29) is 151 Å². The van der Waals surface area contributed by atoms with Gasteiger partial charge in [0.05, 0.1) is 72.8 Å². The second-order valence-corrected chi connectivity index (χ2v) is 26.0. The van der Waals surface area contributed by atoms with Crippen LogP contribution in [0, 0.1) is 101 Å². The molecule has 4 saturated heterocycles. The van der Waals surface area contributed by atoms with Gasteiger partial charge in [0.2, 0.25) is 0 Å². The van der Waals surface area contributed by atoms with Crippen molar-refractivity contribution in [1.29, 1.82) is 0 Å². The fourth-order valence-corrected chi connectivity index (χ4v) is 19.5. The van der Waals surface area contributed by atoms with E-state index in [0.29, 0.717) is 42.2 Å². The molecule has 6 saturated carbocycles. The van der Waals surface area contributed by atoms with Gasteiger partial charge in [-0.2, -0.15) is 0 Å². The van der Waals surface area contributed by atoms with Crippen molar-refractivity contribution in [3.8, 4) is 11.8 Å². The maximum atomic E-state index is 13.7. The second kappa shape index (κ2) is 16.0. The van der Waals surface area contributed by atoms with E-state index in [1.54, 1.807) is 14.0 Å². The first-order chi connectivity index (χ1) is 34.8. The van der Waals surface area contributed by atoms with Crippen molar-refractivity contribution in [3.05, 3.63) is 44.6 Å². The molecule has 0 aromatic carbocycles. The average Bonchev–Trinajstić information content (AvgIpc) is 4.19. The molecule has 23 atom stereocenters. The highest BCUT2D eigenvalue weighted by Gasteiger charge is 2.71. The first-order valence-corrected chi connectivity index (χ1v) is 27.5. The number of carboxylic acids is 1. The van der Waals surface area contributed by atoms with Crippen molar-refractivity contribution >= 4 is 29.8 Å². The Bertz CT molecular complexity index is 2760. The summed E-state index contributed by atoms with van der Waals surface area (Å²) in [6.45, 7) is 9.41. The van der Waals surface area contributed by atoms with Crippen LogP contribution in [0.15, 0.2) is 33.4 Å². The number of ether oxygens (including phenoxy) is 6. The molecule has 13 aliphatic rings. The summed E-state index contributed by atoms with van der Waals surface area (Å²) in [6.07, 6.45) is 5.09. The second-order valence-electron chi connectivity index (χ2n) is 26.0. The maximum Gasteiger partial charge on any atom is 0.317 e. The molecule has 73 heavy (non-hydrogen) atoms. The van der Waals surface area contributed by atoms with Crippen LogP contribution < -0.4 is 0 Å². The topological polar surface area (TPSA) is 227 Å². The Morgan fingerprint density at radius 1 is 0.630 bits per heavy atom. The summed E-state index contributed by atoms with van der Waals surface area (Å²) in [5.74, 6) is -3.11. The van der Waals surface area contributed by atoms with Crippen molar-refractivity contribution in [1.82, 2.24) is 4.57 Å². The van der Waals surface area contributed by atoms with Crippen LogP contribution in [0.4, 0.5) is 0 Å². The zero-order valence-corrected chi connectivity index (χ0v) is 42.5. The first-order valence-electron chi connectivity index (χ1n) is 27.5. The van der Waals surface area contributed by atoms with Gasteiger partial charge in [0.25, 0.3) is 0 Å². The standard InChI is InChI=1S/C57H69NO15/c1-19-24(45-42-28-10-22(38(42)44(19)69-45)14-37(28)56(67)73-57(3,4)5)15-29-31(48-43-27-11-23(40(43)46(29)70-48)13-36(27)54(65)68-8-7-59)17-30-32(49-41-26-9-21(12-35(26)52(62)63)39(41)47(30)71-49)18-34-33(50(60)58(6)51(34)61)16-25-20(2)53(64)72-55(25)66/h20-23,25-28,35-49,59-61H,7-18H2,1-6H3,(H,62,63). The van der Waals surface area contributed by atoms with Gasteiger partial charge in [-0.05, 0) is 190 Å². The fourth-order valence-electron chi connectivity index (χ4n) is 19.5. The van der Waals surface area contributed by atoms with E-state index in [2.05, 4.69) is 6.92 Å². The van der Waals surface area contributed by atoms with Gasteiger partial charge in [0.15, 0.2) is 11.8 Å². The lowest BCUT2D eigenvalue weighted by Gasteiger charge is -2.40. The molecule has 4 N–H and O–H groups in total. The number of aliphatic carboxylic acids is 1. The number of aromatic nitrogens is 1. The molecule has 8 heterocycles. The molecule has 1 aromatic rings. The maximum absolute atomic E-state index is 13.7. The van der Waals surface area contributed by atoms with Crippen LogP contribution in [0.2, 0.25) is 0 Å². The molecular formula is C57H69NO15. The molecule has 10 fully saturated rings. The number of nitrogens with zero attached hydrogens (tertiary/aromatic N) is 1. The number of carbonyl (C=O) groups is 5. The predicted octanol–water partition coefficient (Wildman–Crippen LogP) is 5.52. The third-order valence-electron chi connectivity index (χ3n) is 22.1. The Hall–Kier alpha value is -4.51. The number of carboxylic acid groups (broad SMARTS) is 1. The number of aromatic hydroxyl groups is 2. The minimum Gasteiger partial charge on any atom is -0.494 e. The lowest BCUT2D eigenvalue weighted by molar-refractivity contribution is -0.163. The van der Waals surface area contributed by atoms with Gasteiger partial charge in [-0.3, -0.25) is 28.5 Å². The number of fused-ring (bicyclic) bond motifs is 27. The number of hydrogen-bond donors (Lipinski definition) is 4. The van der Waals surface area contributed by atoms with Crippen LogP contribution in [0.5, 0.6) is 11.8 Å². The highest BCUT2D eigenvalue weighted by molar-refractivity contribution is 5.96. The van der Waals surface area contributed by atoms with Crippen LogP contribution in [0.1, 0.15) is 97.1 Å². The zero-order chi connectivity index (χ0) is 50.7. The number of hydrogen-bond acceptors (Lipinski definition) is 14. The highest BCUT2D eigenvalue weighted by Crippen LogP contribution is 2.71. The summed E-state index contributed by atoms with van der Waals surface area (Å²) in [5, 5.41) is 43.5.